The molecule has 1 aliphatic heterocycles. The molecule has 0 bridgehead atoms. The summed E-state index contributed by atoms with van der Waals surface area (Å²) in [5.74, 6) is 1.33. The molecule has 36 heavy (non-hydrogen) atoms. The lowest BCUT2D eigenvalue weighted by Gasteiger charge is -2.35. The molecule has 9 nitrogen and oxygen atoms in total. The number of hydrogen-bond acceptors (Lipinski definition) is 7. The van der Waals surface area contributed by atoms with Crippen LogP contribution in [-0.4, -0.2) is 81.8 Å². The summed E-state index contributed by atoms with van der Waals surface area (Å²) in [6.07, 6.45) is 7.19. The highest BCUT2D eigenvalue weighted by molar-refractivity contribution is 5.97. The number of fused-ring (bicyclic) bond motifs is 1. The maximum atomic E-state index is 13.1. The second kappa shape index (κ2) is 10.2. The predicted molar refractivity (Wildman–Crippen MR) is 139 cm³/mol. The molecular formula is C27H33N7O2. The van der Waals surface area contributed by atoms with Crippen molar-refractivity contribution in [2.24, 2.45) is 7.05 Å². The van der Waals surface area contributed by atoms with Crippen LogP contribution >= 0.6 is 0 Å². The number of methoxy groups -OCH3 is 1. The highest BCUT2D eigenvalue weighted by atomic mass is 16.5. The Morgan fingerprint density at radius 3 is 2.75 bits per heavy atom. The summed E-state index contributed by atoms with van der Waals surface area (Å²) in [5, 5.41) is 7.52. The van der Waals surface area contributed by atoms with Crippen LogP contribution in [0.3, 0.4) is 0 Å². The van der Waals surface area contributed by atoms with Crippen molar-refractivity contribution in [1.29, 1.82) is 0 Å². The highest BCUT2D eigenvalue weighted by Crippen LogP contribution is 2.36. The summed E-state index contributed by atoms with van der Waals surface area (Å²) in [7, 11) is 5.60. The van der Waals surface area contributed by atoms with E-state index in [1.807, 2.05) is 38.4 Å². The number of aromatic nitrogens is 4. The second-order valence-electron chi connectivity index (χ2n) is 9.53. The van der Waals surface area contributed by atoms with Crippen molar-refractivity contribution in [1.82, 2.24) is 29.5 Å². The zero-order valence-electron chi connectivity index (χ0n) is 21.4. The summed E-state index contributed by atoms with van der Waals surface area (Å²) >= 11 is 0. The standard InChI is InChI=1S/C27H33N7O2/c1-18(34-14-12-32(2)13-15-34)26(35)30-23-7-5-6-20-21(23)8-9-22(20)24-10-11-28-25(29-24)16-19-17-33(3)31-27(19)36-4/h5-7,9-11,17-18H,8,12-16H2,1-4H3,(H,30,35)/t18-/m1/s1. The topological polar surface area (TPSA) is 88.4 Å². The fraction of sp³-hybridized carbons (Fsp3) is 0.407. The van der Waals surface area contributed by atoms with Gasteiger partial charge in [0.15, 0.2) is 0 Å². The molecule has 188 valence electrons. The number of rotatable bonds is 7. The molecule has 0 unspecified atom stereocenters. The lowest BCUT2D eigenvalue weighted by Crippen LogP contribution is -2.51. The van der Waals surface area contributed by atoms with Gasteiger partial charge in [0.05, 0.1) is 18.8 Å². The molecule has 1 fully saturated rings. The first kappa shape index (κ1) is 24.1. The van der Waals surface area contributed by atoms with Crippen molar-refractivity contribution in [2.75, 3.05) is 45.7 Å². The third-order valence-electron chi connectivity index (χ3n) is 7.09. The Labute approximate surface area is 211 Å². The van der Waals surface area contributed by atoms with Crippen molar-refractivity contribution in [2.45, 2.75) is 25.8 Å². The number of nitrogens with one attached hydrogen (secondary N) is 1. The van der Waals surface area contributed by atoms with Gasteiger partial charge in [-0.05, 0) is 43.7 Å². The second-order valence-corrected chi connectivity index (χ2v) is 9.53. The van der Waals surface area contributed by atoms with Gasteiger partial charge >= 0.3 is 0 Å². The van der Waals surface area contributed by atoms with Crippen molar-refractivity contribution < 1.29 is 9.53 Å². The molecule has 3 aromatic rings. The fourth-order valence-corrected chi connectivity index (χ4v) is 4.96. The Morgan fingerprint density at radius 1 is 1.17 bits per heavy atom. The number of piperazine rings is 1. The molecule has 0 saturated carbocycles. The van der Waals surface area contributed by atoms with Crippen LogP contribution in [0.5, 0.6) is 5.88 Å². The smallest absolute Gasteiger partial charge is 0.241 e. The van der Waals surface area contributed by atoms with Crippen LogP contribution in [0.1, 0.15) is 35.1 Å². The van der Waals surface area contributed by atoms with Crippen molar-refractivity contribution in [3.8, 4) is 5.88 Å². The average Bonchev–Trinajstić information content (AvgIpc) is 3.47. The van der Waals surface area contributed by atoms with Gasteiger partial charge in [-0.1, -0.05) is 18.2 Å². The van der Waals surface area contributed by atoms with E-state index in [9.17, 15) is 4.79 Å². The number of allylic oxidation sites excluding steroid dienone is 1. The minimum absolute atomic E-state index is 0.0381. The maximum Gasteiger partial charge on any atom is 0.241 e. The van der Waals surface area contributed by atoms with E-state index in [0.29, 0.717) is 18.1 Å². The highest BCUT2D eigenvalue weighted by Gasteiger charge is 2.26. The number of benzene rings is 1. The fourth-order valence-electron chi connectivity index (χ4n) is 4.96. The van der Waals surface area contributed by atoms with Crippen LogP contribution in [0.4, 0.5) is 5.69 Å². The number of hydrogen-bond donors (Lipinski definition) is 1. The number of aryl methyl sites for hydroxylation is 1. The third kappa shape index (κ3) is 4.89. The van der Waals surface area contributed by atoms with Crippen LogP contribution in [0, 0.1) is 0 Å². The molecule has 1 N–H and O–H groups in total. The largest absolute Gasteiger partial charge is 0.480 e. The lowest BCUT2D eigenvalue weighted by atomic mass is 10.0. The van der Waals surface area contributed by atoms with E-state index in [4.69, 9.17) is 9.72 Å². The molecular weight excluding hydrogens is 454 g/mol. The Morgan fingerprint density at radius 2 is 1.97 bits per heavy atom. The molecule has 9 heteroatoms. The lowest BCUT2D eigenvalue weighted by molar-refractivity contribution is -0.121. The first-order valence-electron chi connectivity index (χ1n) is 12.4. The minimum Gasteiger partial charge on any atom is -0.480 e. The first-order valence-corrected chi connectivity index (χ1v) is 12.4. The molecule has 1 atom stereocenters. The van der Waals surface area contributed by atoms with Gasteiger partial charge in [-0.3, -0.25) is 14.4 Å². The molecule has 5 rings (SSSR count). The van der Waals surface area contributed by atoms with Crippen LogP contribution in [0.25, 0.3) is 5.57 Å². The molecule has 0 radical (unpaired) electrons. The summed E-state index contributed by atoms with van der Waals surface area (Å²) < 4.78 is 7.11. The van der Waals surface area contributed by atoms with E-state index in [1.165, 1.54) is 0 Å². The Balaban J connectivity index is 1.32. The van der Waals surface area contributed by atoms with Crippen molar-refractivity contribution in [3.05, 3.63) is 70.9 Å². The normalized spacial score (nSPS) is 16.9. The molecule has 2 aromatic heterocycles. The molecule has 2 aliphatic rings. The number of likely N-dealkylation sites (N-methyl/N-ethyl adjacent to an activating group) is 1. The Hall–Kier alpha value is -3.56. The molecule has 1 amide bonds. The van der Waals surface area contributed by atoms with E-state index in [0.717, 1.165) is 66.2 Å². The molecule has 1 aromatic carbocycles. The predicted octanol–water partition coefficient (Wildman–Crippen LogP) is 2.37. The van der Waals surface area contributed by atoms with Gasteiger partial charge in [-0.2, -0.15) is 0 Å². The van der Waals surface area contributed by atoms with E-state index in [2.05, 4.69) is 44.4 Å². The SMILES string of the molecule is COc1nn(C)cc1Cc1nccc(C2=CCc3c(NC(=O)[C@@H](C)N4CCN(C)CC4)cccc32)n1. The van der Waals surface area contributed by atoms with Gasteiger partial charge < -0.3 is 15.0 Å². The molecule has 1 saturated heterocycles. The molecule has 0 spiro atoms. The van der Waals surface area contributed by atoms with E-state index in [-0.39, 0.29) is 11.9 Å². The maximum absolute atomic E-state index is 13.1. The first-order chi connectivity index (χ1) is 17.4. The van der Waals surface area contributed by atoms with Crippen LogP contribution in [-0.2, 0) is 24.7 Å². The summed E-state index contributed by atoms with van der Waals surface area (Å²) in [4.78, 5) is 27.0. The van der Waals surface area contributed by atoms with Gasteiger partial charge in [-0.25, -0.2) is 9.97 Å². The minimum atomic E-state index is -0.169. The summed E-state index contributed by atoms with van der Waals surface area (Å²) in [5.41, 5.74) is 5.98. The number of amides is 1. The number of nitrogens with zero attached hydrogens (tertiary/aromatic N) is 6. The van der Waals surface area contributed by atoms with Crippen LogP contribution < -0.4 is 10.1 Å². The Kier molecular flexibility index (Phi) is 6.84. The van der Waals surface area contributed by atoms with E-state index < -0.39 is 0 Å². The van der Waals surface area contributed by atoms with Gasteiger partial charge in [0.1, 0.15) is 5.82 Å². The number of carbonyl (C=O) groups is 1. The number of ether oxygens (including phenoxy) is 1. The molecule has 3 heterocycles. The van der Waals surface area contributed by atoms with E-state index >= 15 is 0 Å². The zero-order chi connectivity index (χ0) is 25.2. The Bertz CT molecular complexity index is 1290. The van der Waals surface area contributed by atoms with Crippen LogP contribution in [0.15, 0.2) is 42.7 Å². The average molecular weight is 488 g/mol. The monoisotopic (exact) mass is 487 g/mol. The van der Waals surface area contributed by atoms with E-state index in [1.54, 1.807) is 18.0 Å². The number of carbonyl (C=O) groups excluding carboxylic acids is 1. The quantitative estimate of drug-likeness (QED) is 0.547. The molecule has 1 aliphatic carbocycles. The number of anilines is 1. The summed E-state index contributed by atoms with van der Waals surface area (Å²) in [6, 6.07) is 7.85. The van der Waals surface area contributed by atoms with Crippen LogP contribution in [0.2, 0.25) is 0 Å². The summed E-state index contributed by atoms with van der Waals surface area (Å²) in [6.45, 7) is 5.78. The van der Waals surface area contributed by atoms with Crippen molar-refractivity contribution in [3.63, 3.8) is 0 Å². The van der Waals surface area contributed by atoms with Crippen molar-refractivity contribution >= 4 is 17.2 Å². The van der Waals surface area contributed by atoms with Gasteiger partial charge in [0.25, 0.3) is 0 Å². The third-order valence-corrected chi connectivity index (χ3v) is 7.09. The van der Waals surface area contributed by atoms with Gasteiger partial charge in [0, 0.05) is 68.9 Å². The van der Waals surface area contributed by atoms with Gasteiger partial charge in [-0.15, -0.1) is 5.10 Å². The van der Waals surface area contributed by atoms with Gasteiger partial charge in [0.2, 0.25) is 11.8 Å². The zero-order valence-corrected chi connectivity index (χ0v) is 21.4.